The SMILES string of the molecule is CC(=O)N1CCC(NC(=O)Nc2ccc(Br)cc2Br)CC1. The molecule has 0 spiro atoms. The number of anilines is 1. The minimum atomic E-state index is -0.223. The van der Waals surface area contributed by atoms with Crippen LogP contribution in [-0.4, -0.2) is 36.0 Å². The van der Waals surface area contributed by atoms with E-state index >= 15 is 0 Å². The van der Waals surface area contributed by atoms with Crippen molar-refractivity contribution in [3.63, 3.8) is 0 Å². The maximum absolute atomic E-state index is 12.0. The van der Waals surface area contributed by atoms with Gasteiger partial charge < -0.3 is 15.5 Å². The minimum absolute atomic E-state index is 0.0942. The second-order valence-electron chi connectivity index (χ2n) is 5.00. The summed E-state index contributed by atoms with van der Waals surface area (Å²) in [5, 5.41) is 5.77. The zero-order valence-electron chi connectivity index (χ0n) is 11.7. The zero-order valence-corrected chi connectivity index (χ0v) is 14.8. The first-order valence-electron chi connectivity index (χ1n) is 6.74. The summed E-state index contributed by atoms with van der Waals surface area (Å²) in [5.74, 6) is 0.0942. The van der Waals surface area contributed by atoms with Crippen LogP contribution in [0.1, 0.15) is 19.8 Å². The molecule has 21 heavy (non-hydrogen) atoms. The Hall–Kier alpha value is -1.08. The summed E-state index contributed by atoms with van der Waals surface area (Å²) in [6, 6.07) is 5.45. The van der Waals surface area contributed by atoms with Crippen molar-refractivity contribution in [2.45, 2.75) is 25.8 Å². The third-order valence-electron chi connectivity index (χ3n) is 3.45. The van der Waals surface area contributed by atoms with Crippen LogP contribution in [0.2, 0.25) is 0 Å². The van der Waals surface area contributed by atoms with Crippen LogP contribution in [0.4, 0.5) is 10.5 Å². The van der Waals surface area contributed by atoms with Crippen LogP contribution >= 0.6 is 31.9 Å². The monoisotopic (exact) mass is 417 g/mol. The normalized spacial score (nSPS) is 15.7. The number of nitrogens with one attached hydrogen (secondary N) is 2. The van der Waals surface area contributed by atoms with Gasteiger partial charge in [-0.3, -0.25) is 4.79 Å². The highest BCUT2D eigenvalue weighted by Gasteiger charge is 2.22. The van der Waals surface area contributed by atoms with Gasteiger partial charge in [-0.2, -0.15) is 0 Å². The van der Waals surface area contributed by atoms with Gasteiger partial charge in [-0.15, -0.1) is 0 Å². The molecule has 0 unspecified atom stereocenters. The number of rotatable bonds is 2. The Balaban J connectivity index is 1.84. The predicted molar refractivity (Wildman–Crippen MR) is 89.3 cm³/mol. The Labute approximate surface area is 140 Å². The van der Waals surface area contributed by atoms with Crippen LogP contribution in [0.3, 0.4) is 0 Å². The molecule has 1 aliphatic heterocycles. The van der Waals surface area contributed by atoms with Gasteiger partial charge in [-0.25, -0.2) is 4.79 Å². The van der Waals surface area contributed by atoms with Crippen molar-refractivity contribution in [3.8, 4) is 0 Å². The molecule has 114 valence electrons. The molecule has 2 N–H and O–H groups in total. The number of halogens is 2. The Bertz CT molecular complexity index is 543. The number of carbonyl (C=O) groups is 2. The van der Waals surface area contributed by atoms with Crippen molar-refractivity contribution in [1.29, 1.82) is 0 Å². The highest BCUT2D eigenvalue weighted by molar-refractivity contribution is 9.11. The first kappa shape index (κ1) is 16.3. The first-order chi connectivity index (χ1) is 9.95. The molecule has 0 saturated carbocycles. The van der Waals surface area contributed by atoms with Crippen molar-refractivity contribution in [1.82, 2.24) is 10.2 Å². The van der Waals surface area contributed by atoms with Crippen molar-refractivity contribution >= 4 is 49.5 Å². The van der Waals surface area contributed by atoms with E-state index in [1.807, 2.05) is 18.2 Å². The number of amides is 3. The lowest BCUT2D eigenvalue weighted by Crippen LogP contribution is -2.47. The van der Waals surface area contributed by atoms with E-state index in [4.69, 9.17) is 0 Å². The molecular formula is C14H17Br2N3O2. The third-order valence-corrected chi connectivity index (χ3v) is 4.60. The summed E-state index contributed by atoms with van der Waals surface area (Å²) in [7, 11) is 0. The van der Waals surface area contributed by atoms with E-state index in [9.17, 15) is 9.59 Å². The lowest BCUT2D eigenvalue weighted by molar-refractivity contribution is -0.129. The first-order valence-corrected chi connectivity index (χ1v) is 8.32. The Morgan fingerprint density at radius 2 is 1.90 bits per heavy atom. The van der Waals surface area contributed by atoms with Crippen molar-refractivity contribution in [2.75, 3.05) is 18.4 Å². The number of likely N-dealkylation sites (tertiary alicyclic amines) is 1. The fourth-order valence-electron chi connectivity index (χ4n) is 2.27. The second-order valence-corrected chi connectivity index (χ2v) is 6.77. The summed E-state index contributed by atoms with van der Waals surface area (Å²) in [4.78, 5) is 25.1. The van der Waals surface area contributed by atoms with E-state index in [2.05, 4.69) is 42.5 Å². The van der Waals surface area contributed by atoms with Gasteiger partial charge >= 0.3 is 6.03 Å². The smallest absolute Gasteiger partial charge is 0.319 e. The van der Waals surface area contributed by atoms with Gasteiger partial charge in [0.1, 0.15) is 0 Å². The summed E-state index contributed by atoms with van der Waals surface area (Å²) >= 11 is 6.78. The maximum Gasteiger partial charge on any atom is 0.319 e. The summed E-state index contributed by atoms with van der Waals surface area (Å²) in [6.45, 7) is 2.97. The summed E-state index contributed by atoms with van der Waals surface area (Å²) < 4.78 is 1.76. The number of urea groups is 1. The Kier molecular flexibility index (Phi) is 5.64. The quantitative estimate of drug-likeness (QED) is 0.773. The molecule has 0 radical (unpaired) electrons. The van der Waals surface area contributed by atoms with Crippen LogP contribution < -0.4 is 10.6 Å². The maximum atomic E-state index is 12.0. The standard InChI is InChI=1S/C14H17Br2N3O2/c1-9(20)19-6-4-11(5-7-19)17-14(21)18-13-3-2-10(15)8-12(13)16/h2-3,8,11H,4-7H2,1H3,(H2,17,18,21). The van der Waals surface area contributed by atoms with Crippen molar-refractivity contribution in [2.24, 2.45) is 0 Å². The zero-order chi connectivity index (χ0) is 15.4. The van der Waals surface area contributed by atoms with E-state index in [1.54, 1.807) is 11.8 Å². The molecule has 1 saturated heterocycles. The van der Waals surface area contributed by atoms with Gasteiger partial charge in [0.25, 0.3) is 0 Å². The largest absolute Gasteiger partial charge is 0.343 e. The van der Waals surface area contributed by atoms with Gasteiger partial charge in [0.15, 0.2) is 0 Å². The molecule has 7 heteroatoms. The van der Waals surface area contributed by atoms with Crippen molar-refractivity contribution < 1.29 is 9.59 Å². The molecule has 1 heterocycles. The third kappa shape index (κ3) is 4.71. The molecule has 3 amide bonds. The molecule has 5 nitrogen and oxygen atoms in total. The molecule has 0 atom stereocenters. The Morgan fingerprint density at radius 3 is 2.48 bits per heavy atom. The van der Waals surface area contributed by atoms with Crippen LogP contribution in [0.15, 0.2) is 27.1 Å². The number of carbonyl (C=O) groups excluding carboxylic acids is 2. The number of piperidine rings is 1. The van der Waals surface area contributed by atoms with Gasteiger partial charge in [-0.05, 0) is 47.0 Å². The molecule has 1 aliphatic rings. The van der Waals surface area contributed by atoms with E-state index < -0.39 is 0 Å². The van der Waals surface area contributed by atoms with E-state index in [0.717, 1.165) is 27.5 Å². The van der Waals surface area contributed by atoms with Gasteiger partial charge in [-0.1, -0.05) is 15.9 Å². The highest BCUT2D eigenvalue weighted by atomic mass is 79.9. The number of benzene rings is 1. The lowest BCUT2D eigenvalue weighted by Gasteiger charge is -2.31. The molecule has 1 aromatic rings. The fourth-order valence-corrected chi connectivity index (χ4v) is 3.42. The molecule has 0 aromatic heterocycles. The van der Waals surface area contributed by atoms with Gasteiger partial charge in [0.05, 0.1) is 5.69 Å². The van der Waals surface area contributed by atoms with Gasteiger partial charge in [0, 0.05) is 35.0 Å². The second kappa shape index (κ2) is 7.26. The van der Waals surface area contributed by atoms with E-state index in [0.29, 0.717) is 13.1 Å². The number of hydrogen-bond donors (Lipinski definition) is 2. The minimum Gasteiger partial charge on any atom is -0.343 e. The average molecular weight is 419 g/mol. The molecule has 1 aromatic carbocycles. The summed E-state index contributed by atoms with van der Waals surface area (Å²) in [5.41, 5.74) is 0.719. The van der Waals surface area contributed by atoms with Crippen LogP contribution in [0, 0.1) is 0 Å². The number of hydrogen-bond acceptors (Lipinski definition) is 2. The summed E-state index contributed by atoms with van der Waals surface area (Å²) in [6.07, 6.45) is 1.57. The van der Waals surface area contributed by atoms with E-state index in [-0.39, 0.29) is 18.0 Å². The Morgan fingerprint density at radius 1 is 1.24 bits per heavy atom. The van der Waals surface area contributed by atoms with Gasteiger partial charge in [0.2, 0.25) is 5.91 Å². The van der Waals surface area contributed by atoms with Crippen molar-refractivity contribution in [3.05, 3.63) is 27.1 Å². The fraction of sp³-hybridized carbons (Fsp3) is 0.429. The molecular weight excluding hydrogens is 402 g/mol. The molecule has 0 bridgehead atoms. The molecule has 2 rings (SSSR count). The van der Waals surface area contributed by atoms with Crippen LogP contribution in [-0.2, 0) is 4.79 Å². The molecule has 0 aliphatic carbocycles. The van der Waals surface area contributed by atoms with Crippen LogP contribution in [0.5, 0.6) is 0 Å². The average Bonchev–Trinajstić information content (AvgIpc) is 2.42. The highest BCUT2D eigenvalue weighted by Crippen LogP contribution is 2.26. The van der Waals surface area contributed by atoms with Crippen LogP contribution in [0.25, 0.3) is 0 Å². The topological polar surface area (TPSA) is 61.4 Å². The predicted octanol–water partition coefficient (Wildman–Crippen LogP) is 3.34. The number of nitrogens with zero attached hydrogens (tertiary/aromatic N) is 1. The molecule has 1 fully saturated rings. The van der Waals surface area contributed by atoms with E-state index in [1.165, 1.54) is 0 Å². The lowest BCUT2D eigenvalue weighted by atomic mass is 10.1.